The molecule has 2 rings (SSSR count). The lowest BCUT2D eigenvalue weighted by atomic mass is 10.1. The van der Waals surface area contributed by atoms with E-state index in [1.807, 2.05) is 13.8 Å². The predicted octanol–water partition coefficient (Wildman–Crippen LogP) is 1.58. The van der Waals surface area contributed by atoms with Crippen LogP contribution in [0.15, 0.2) is 12.4 Å². The van der Waals surface area contributed by atoms with Crippen molar-refractivity contribution in [3.8, 4) is 5.82 Å². The molecule has 0 aliphatic carbocycles. The first kappa shape index (κ1) is 12.9. The first-order valence-corrected chi connectivity index (χ1v) is 5.73. The molecule has 2 N–H and O–H groups in total. The third-order valence-electron chi connectivity index (χ3n) is 2.66. The molecule has 0 bridgehead atoms. The van der Waals surface area contributed by atoms with Crippen LogP contribution in [0.4, 0.5) is 11.5 Å². The Morgan fingerprint density at radius 3 is 2.58 bits per heavy atom. The average Bonchev–Trinajstić information content (AvgIpc) is 2.67. The van der Waals surface area contributed by atoms with Crippen LogP contribution in [-0.2, 0) is 0 Å². The van der Waals surface area contributed by atoms with Crippen molar-refractivity contribution in [1.82, 2.24) is 19.7 Å². The van der Waals surface area contributed by atoms with E-state index in [1.165, 1.54) is 11.0 Å². The summed E-state index contributed by atoms with van der Waals surface area (Å²) in [6, 6.07) is 1.66. The van der Waals surface area contributed by atoms with E-state index in [0.29, 0.717) is 11.5 Å². The zero-order valence-electron chi connectivity index (χ0n) is 10.9. The number of aryl methyl sites for hydroxylation is 1. The molecular formula is C11H14N6O2. The minimum atomic E-state index is -0.512. The quantitative estimate of drug-likeness (QED) is 0.663. The summed E-state index contributed by atoms with van der Waals surface area (Å²) in [5, 5.41) is 15.3. The summed E-state index contributed by atoms with van der Waals surface area (Å²) in [6.07, 6.45) is 1.37. The highest BCUT2D eigenvalue weighted by atomic mass is 16.6. The summed E-state index contributed by atoms with van der Waals surface area (Å²) < 4.78 is 1.28. The SMILES string of the molecule is Cc1cc(-n2nc(C(C)C)c([N+](=O)[O-])c2N)ncn1. The van der Waals surface area contributed by atoms with Crippen LogP contribution >= 0.6 is 0 Å². The van der Waals surface area contributed by atoms with Crippen molar-refractivity contribution in [2.24, 2.45) is 0 Å². The maximum Gasteiger partial charge on any atom is 0.334 e. The zero-order valence-corrected chi connectivity index (χ0v) is 10.9. The molecule has 8 nitrogen and oxygen atoms in total. The van der Waals surface area contributed by atoms with Gasteiger partial charge in [0.1, 0.15) is 12.0 Å². The van der Waals surface area contributed by atoms with Gasteiger partial charge in [-0.15, -0.1) is 0 Å². The highest BCUT2D eigenvalue weighted by Gasteiger charge is 2.28. The van der Waals surface area contributed by atoms with Crippen LogP contribution in [0.5, 0.6) is 0 Å². The second kappa shape index (κ2) is 4.63. The fraction of sp³-hybridized carbons (Fsp3) is 0.364. The molecule has 0 radical (unpaired) electrons. The first-order chi connectivity index (χ1) is 8.91. The Hall–Kier alpha value is -2.51. The molecule has 8 heteroatoms. The van der Waals surface area contributed by atoms with Crippen LogP contribution in [0.25, 0.3) is 5.82 Å². The van der Waals surface area contributed by atoms with Crippen molar-refractivity contribution in [3.05, 3.63) is 33.9 Å². The third-order valence-corrected chi connectivity index (χ3v) is 2.66. The van der Waals surface area contributed by atoms with Crippen molar-refractivity contribution in [2.45, 2.75) is 26.7 Å². The summed E-state index contributed by atoms with van der Waals surface area (Å²) in [7, 11) is 0. The number of hydrogen-bond acceptors (Lipinski definition) is 6. The summed E-state index contributed by atoms with van der Waals surface area (Å²) in [5.74, 6) is 0.290. The van der Waals surface area contributed by atoms with E-state index in [9.17, 15) is 10.1 Å². The highest BCUT2D eigenvalue weighted by Crippen LogP contribution is 2.32. The monoisotopic (exact) mass is 262 g/mol. The molecule has 0 saturated heterocycles. The molecule has 0 aromatic carbocycles. The lowest BCUT2D eigenvalue weighted by Crippen LogP contribution is -2.05. The topological polar surface area (TPSA) is 113 Å². The Balaban J connectivity index is 2.66. The van der Waals surface area contributed by atoms with Crippen molar-refractivity contribution in [2.75, 3.05) is 5.73 Å². The molecule has 0 aliphatic rings. The van der Waals surface area contributed by atoms with Crippen molar-refractivity contribution >= 4 is 11.5 Å². The molecule has 19 heavy (non-hydrogen) atoms. The molecule has 0 unspecified atom stereocenters. The van der Waals surface area contributed by atoms with Gasteiger partial charge in [-0.2, -0.15) is 9.78 Å². The van der Waals surface area contributed by atoms with E-state index in [1.54, 1.807) is 13.0 Å². The van der Waals surface area contributed by atoms with E-state index < -0.39 is 4.92 Å². The van der Waals surface area contributed by atoms with Crippen molar-refractivity contribution < 1.29 is 4.92 Å². The molecule has 0 spiro atoms. The third kappa shape index (κ3) is 2.24. The number of nitrogen functional groups attached to an aromatic ring is 1. The Labute approximate surface area is 109 Å². The number of aromatic nitrogens is 4. The van der Waals surface area contributed by atoms with Crippen LogP contribution in [0.3, 0.4) is 0 Å². The molecule has 0 amide bonds. The minimum absolute atomic E-state index is 0.0215. The Bertz CT molecular complexity index is 634. The summed E-state index contributed by atoms with van der Waals surface area (Å²) >= 11 is 0. The lowest BCUT2D eigenvalue weighted by Gasteiger charge is -2.02. The number of hydrogen-bond donors (Lipinski definition) is 1. The molecule has 0 aliphatic heterocycles. The van der Waals surface area contributed by atoms with Gasteiger partial charge >= 0.3 is 5.69 Å². The second-order valence-corrected chi connectivity index (χ2v) is 4.46. The maximum atomic E-state index is 11.1. The van der Waals surface area contributed by atoms with Gasteiger partial charge in [-0.1, -0.05) is 13.8 Å². The molecule has 0 saturated carbocycles. The Morgan fingerprint density at radius 2 is 2.11 bits per heavy atom. The number of rotatable bonds is 3. The van der Waals surface area contributed by atoms with E-state index in [-0.39, 0.29) is 17.4 Å². The van der Waals surface area contributed by atoms with E-state index in [4.69, 9.17) is 5.73 Å². The number of nitrogens with two attached hydrogens (primary N) is 1. The lowest BCUT2D eigenvalue weighted by molar-refractivity contribution is -0.384. The van der Waals surface area contributed by atoms with Crippen molar-refractivity contribution in [3.63, 3.8) is 0 Å². The zero-order chi connectivity index (χ0) is 14.2. The van der Waals surface area contributed by atoms with Gasteiger partial charge in [-0.05, 0) is 6.92 Å². The minimum Gasteiger partial charge on any atom is -0.378 e. The van der Waals surface area contributed by atoms with E-state index in [2.05, 4.69) is 15.1 Å². The first-order valence-electron chi connectivity index (χ1n) is 5.73. The van der Waals surface area contributed by atoms with Gasteiger partial charge < -0.3 is 5.73 Å². The van der Waals surface area contributed by atoms with Crippen LogP contribution < -0.4 is 5.73 Å². The van der Waals surface area contributed by atoms with Crippen molar-refractivity contribution in [1.29, 1.82) is 0 Å². The average molecular weight is 262 g/mol. The second-order valence-electron chi connectivity index (χ2n) is 4.46. The largest absolute Gasteiger partial charge is 0.378 e. The molecular weight excluding hydrogens is 248 g/mol. The van der Waals surface area contributed by atoms with Crippen LogP contribution in [-0.4, -0.2) is 24.7 Å². The maximum absolute atomic E-state index is 11.1. The van der Waals surface area contributed by atoms with Crippen LogP contribution in [0.1, 0.15) is 31.2 Å². The molecule has 2 aromatic rings. The molecule has 2 aromatic heterocycles. The Kier molecular flexibility index (Phi) is 3.16. The fourth-order valence-corrected chi connectivity index (χ4v) is 1.75. The standard InChI is InChI=1S/C11H14N6O2/c1-6(2)9-10(17(18)19)11(12)16(15-9)8-4-7(3)13-5-14-8/h4-6H,12H2,1-3H3. The van der Waals surface area contributed by atoms with Gasteiger partial charge in [0, 0.05) is 17.7 Å². The summed E-state index contributed by atoms with van der Waals surface area (Å²) in [5.41, 5.74) is 6.74. The van der Waals surface area contributed by atoms with Crippen LogP contribution in [0, 0.1) is 17.0 Å². The van der Waals surface area contributed by atoms with Gasteiger partial charge in [0.15, 0.2) is 5.82 Å². The number of nitro groups is 1. The summed E-state index contributed by atoms with van der Waals surface area (Å²) in [4.78, 5) is 18.6. The van der Waals surface area contributed by atoms with E-state index >= 15 is 0 Å². The fourth-order valence-electron chi connectivity index (χ4n) is 1.75. The molecule has 0 fully saturated rings. The molecule has 0 atom stereocenters. The Morgan fingerprint density at radius 1 is 1.42 bits per heavy atom. The van der Waals surface area contributed by atoms with Gasteiger partial charge in [0.05, 0.1) is 4.92 Å². The number of anilines is 1. The number of nitrogens with zero attached hydrogens (tertiary/aromatic N) is 5. The van der Waals surface area contributed by atoms with Gasteiger partial charge in [0.25, 0.3) is 0 Å². The molecule has 100 valence electrons. The van der Waals surface area contributed by atoms with E-state index in [0.717, 1.165) is 5.69 Å². The predicted molar refractivity (Wildman–Crippen MR) is 69.0 cm³/mol. The van der Waals surface area contributed by atoms with Gasteiger partial charge in [0.2, 0.25) is 5.82 Å². The van der Waals surface area contributed by atoms with Gasteiger partial charge in [-0.25, -0.2) is 9.97 Å². The highest BCUT2D eigenvalue weighted by molar-refractivity contribution is 5.60. The summed E-state index contributed by atoms with van der Waals surface area (Å²) in [6.45, 7) is 5.44. The van der Waals surface area contributed by atoms with Gasteiger partial charge in [-0.3, -0.25) is 10.1 Å². The van der Waals surface area contributed by atoms with Crippen LogP contribution in [0.2, 0.25) is 0 Å². The normalized spacial score (nSPS) is 10.9. The molecule has 2 heterocycles. The smallest absolute Gasteiger partial charge is 0.334 e.